The molecule has 1 aromatic heterocycles. The number of hydrogen-bond acceptors (Lipinski definition) is 4. The highest BCUT2D eigenvalue weighted by Gasteiger charge is 2.14. The van der Waals surface area contributed by atoms with Crippen LogP contribution in [0.25, 0.3) is 0 Å². The standard InChI is InChI=1S/C24H29N5O/c1-27-12-14-28(15-13-27)18-22-5-2-4-21(16-22)17-25-24(30)23-8-6-20(7-9-23)19-29-11-3-10-26-29/h2-11,16H,12-15,17-19H2,1H3,(H,25,30). The maximum absolute atomic E-state index is 12.5. The SMILES string of the molecule is CN1CCN(Cc2cccc(CNC(=O)c3ccc(Cn4cccn4)cc3)c2)CC1. The number of likely N-dealkylation sites (N-methyl/N-ethyl adjacent to an activating group) is 1. The maximum atomic E-state index is 12.5. The van der Waals surface area contributed by atoms with Gasteiger partial charge in [0.1, 0.15) is 0 Å². The highest BCUT2D eigenvalue weighted by atomic mass is 16.1. The first-order chi connectivity index (χ1) is 14.7. The molecule has 4 rings (SSSR count). The van der Waals surface area contributed by atoms with E-state index in [1.807, 2.05) is 41.2 Å². The van der Waals surface area contributed by atoms with Crippen molar-refractivity contribution >= 4 is 5.91 Å². The fraction of sp³-hybridized carbons (Fsp3) is 0.333. The van der Waals surface area contributed by atoms with Gasteiger partial charge in [-0.3, -0.25) is 14.4 Å². The summed E-state index contributed by atoms with van der Waals surface area (Å²) in [6.07, 6.45) is 3.69. The van der Waals surface area contributed by atoms with Crippen LogP contribution in [0, 0.1) is 0 Å². The summed E-state index contributed by atoms with van der Waals surface area (Å²) in [5.74, 6) is -0.0508. The van der Waals surface area contributed by atoms with E-state index in [0.29, 0.717) is 18.7 Å². The Morgan fingerprint density at radius 3 is 2.43 bits per heavy atom. The van der Waals surface area contributed by atoms with E-state index >= 15 is 0 Å². The van der Waals surface area contributed by atoms with Crippen LogP contribution in [0.1, 0.15) is 27.0 Å². The van der Waals surface area contributed by atoms with Gasteiger partial charge in [-0.2, -0.15) is 5.10 Å². The van der Waals surface area contributed by atoms with Crippen LogP contribution in [0.2, 0.25) is 0 Å². The average Bonchev–Trinajstić information content (AvgIpc) is 3.28. The number of piperazine rings is 1. The van der Waals surface area contributed by atoms with Crippen molar-refractivity contribution in [3.63, 3.8) is 0 Å². The Labute approximate surface area is 178 Å². The van der Waals surface area contributed by atoms with Crippen LogP contribution in [0.4, 0.5) is 0 Å². The van der Waals surface area contributed by atoms with Gasteiger partial charge in [-0.05, 0) is 41.9 Å². The second-order valence-electron chi connectivity index (χ2n) is 7.98. The van der Waals surface area contributed by atoms with Crippen molar-refractivity contribution in [1.82, 2.24) is 24.9 Å². The molecular formula is C24H29N5O. The second kappa shape index (κ2) is 9.69. The van der Waals surface area contributed by atoms with Crippen LogP contribution in [-0.4, -0.2) is 58.7 Å². The zero-order valence-electron chi connectivity index (χ0n) is 17.5. The summed E-state index contributed by atoms with van der Waals surface area (Å²) >= 11 is 0. The molecule has 1 aliphatic rings. The Bertz CT molecular complexity index is 944. The summed E-state index contributed by atoms with van der Waals surface area (Å²) < 4.78 is 1.87. The van der Waals surface area contributed by atoms with Gasteiger partial charge in [0, 0.05) is 57.2 Å². The number of nitrogens with one attached hydrogen (secondary N) is 1. The molecule has 1 N–H and O–H groups in total. The van der Waals surface area contributed by atoms with Crippen LogP contribution in [0.15, 0.2) is 67.0 Å². The number of aromatic nitrogens is 2. The third-order valence-corrected chi connectivity index (χ3v) is 5.57. The highest BCUT2D eigenvalue weighted by Crippen LogP contribution is 2.11. The van der Waals surface area contributed by atoms with Gasteiger partial charge < -0.3 is 10.2 Å². The van der Waals surface area contributed by atoms with Crippen LogP contribution in [0.5, 0.6) is 0 Å². The number of benzene rings is 2. The minimum atomic E-state index is -0.0508. The largest absolute Gasteiger partial charge is 0.348 e. The van der Waals surface area contributed by atoms with Crippen molar-refractivity contribution < 1.29 is 4.79 Å². The van der Waals surface area contributed by atoms with Gasteiger partial charge in [0.15, 0.2) is 0 Å². The quantitative estimate of drug-likeness (QED) is 0.659. The van der Waals surface area contributed by atoms with Crippen LogP contribution in [0.3, 0.4) is 0 Å². The minimum absolute atomic E-state index is 0.0508. The molecule has 0 radical (unpaired) electrons. The molecule has 1 aliphatic heterocycles. The summed E-state index contributed by atoms with van der Waals surface area (Å²) in [4.78, 5) is 17.4. The van der Waals surface area contributed by atoms with Crippen molar-refractivity contribution in [1.29, 1.82) is 0 Å². The molecule has 0 spiro atoms. The smallest absolute Gasteiger partial charge is 0.251 e. The van der Waals surface area contributed by atoms with Crippen molar-refractivity contribution in [3.05, 3.63) is 89.2 Å². The molecule has 2 heterocycles. The van der Waals surface area contributed by atoms with Crippen LogP contribution >= 0.6 is 0 Å². The van der Waals surface area contributed by atoms with Crippen molar-refractivity contribution in [3.8, 4) is 0 Å². The van der Waals surface area contributed by atoms with Crippen LogP contribution < -0.4 is 5.32 Å². The molecule has 6 nitrogen and oxygen atoms in total. The van der Waals surface area contributed by atoms with Gasteiger partial charge in [0.2, 0.25) is 0 Å². The van der Waals surface area contributed by atoms with E-state index in [0.717, 1.165) is 43.9 Å². The lowest BCUT2D eigenvalue weighted by atomic mass is 10.1. The summed E-state index contributed by atoms with van der Waals surface area (Å²) in [6, 6.07) is 18.1. The van der Waals surface area contributed by atoms with E-state index in [1.54, 1.807) is 6.20 Å². The molecule has 2 aromatic carbocycles. The Balaban J connectivity index is 1.29. The number of nitrogens with zero attached hydrogens (tertiary/aromatic N) is 4. The van der Waals surface area contributed by atoms with Gasteiger partial charge in [-0.1, -0.05) is 36.4 Å². The Hall–Kier alpha value is -2.96. The molecule has 0 atom stereocenters. The number of rotatable bonds is 7. The van der Waals surface area contributed by atoms with E-state index < -0.39 is 0 Å². The molecule has 0 unspecified atom stereocenters. The van der Waals surface area contributed by atoms with Crippen molar-refractivity contribution in [2.75, 3.05) is 33.2 Å². The first-order valence-corrected chi connectivity index (χ1v) is 10.5. The van der Waals surface area contributed by atoms with E-state index in [2.05, 4.69) is 51.5 Å². The summed E-state index contributed by atoms with van der Waals surface area (Å²) in [6.45, 7) is 6.65. The summed E-state index contributed by atoms with van der Waals surface area (Å²) in [5, 5.41) is 7.25. The first kappa shape index (κ1) is 20.3. The number of carbonyl (C=O) groups excluding carboxylic acids is 1. The number of carbonyl (C=O) groups is 1. The molecule has 0 bridgehead atoms. The Morgan fingerprint density at radius 1 is 0.933 bits per heavy atom. The predicted molar refractivity (Wildman–Crippen MR) is 118 cm³/mol. The van der Waals surface area contributed by atoms with E-state index in [-0.39, 0.29) is 5.91 Å². The fourth-order valence-corrected chi connectivity index (χ4v) is 3.73. The van der Waals surface area contributed by atoms with Crippen molar-refractivity contribution in [2.45, 2.75) is 19.6 Å². The molecule has 0 saturated carbocycles. The van der Waals surface area contributed by atoms with Gasteiger partial charge in [-0.15, -0.1) is 0 Å². The maximum Gasteiger partial charge on any atom is 0.251 e. The molecule has 1 saturated heterocycles. The minimum Gasteiger partial charge on any atom is -0.348 e. The van der Waals surface area contributed by atoms with E-state index in [1.165, 1.54) is 5.56 Å². The highest BCUT2D eigenvalue weighted by molar-refractivity contribution is 5.94. The summed E-state index contributed by atoms with van der Waals surface area (Å²) in [7, 11) is 2.17. The molecule has 1 amide bonds. The number of hydrogen-bond donors (Lipinski definition) is 1. The molecule has 1 fully saturated rings. The monoisotopic (exact) mass is 403 g/mol. The lowest BCUT2D eigenvalue weighted by Gasteiger charge is -2.32. The van der Waals surface area contributed by atoms with Crippen LogP contribution in [-0.2, 0) is 19.6 Å². The Kier molecular flexibility index (Phi) is 6.57. The zero-order chi connectivity index (χ0) is 20.8. The Morgan fingerprint density at radius 2 is 1.70 bits per heavy atom. The lowest BCUT2D eigenvalue weighted by Crippen LogP contribution is -2.43. The first-order valence-electron chi connectivity index (χ1n) is 10.5. The molecule has 30 heavy (non-hydrogen) atoms. The van der Waals surface area contributed by atoms with E-state index in [4.69, 9.17) is 0 Å². The fourth-order valence-electron chi connectivity index (χ4n) is 3.73. The van der Waals surface area contributed by atoms with Gasteiger partial charge in [0.25, 0.3) is 5.91 Å². The van der Waals surface area contributed by atoms with E-state index in [9.17, 15) is 4.79 Å². The normalized spacial score (nSPS) is 15.2. The van der Waals surface area contributed by atoms with Gasteiger partial charge in [0.05, 0.1) is 6.54 Å². The lowest BCUT2D eigenvalue weighted by molar-refractivity contribution is 0.0951. The molecule has 3 aromatic rings. The molecule has 6 heteroatoms. The van der Waals surface area contributed by atoms with Gasteiger partial charge in [-0.25, -0.2) is 0 Å². The predicted octanol–water partition coefficient (Wildman–Crippen LogP) is 2.61. The van der Waals surface area contributed by atoms with Gasteiger partial charge >= 0.3 is 0 Å². The summed E-state index contributed by atoms with van der Waals surface area (Å²) in [5.41, 5.74) is 4.22. The average molecular weight is 404 g/mol. The third kappa shape index (κ3) is 5.55. The molecule has 0 aliphatic carbocycles. The molecule has 156 valence electrons. The second-order valence-corrected chi connectivity index (χ2v) is 7.98. The zero-order valence-corrected chi connectivity index (χ0v) is 17.5. The number of amides is 1. The topological polar surface area (TPSA) is 53.4 Å². The van der Waals surface area contributed by atoms with Crippen molar-refractivity contribution in [2.24, 2.45) is 0 Å². The molecular weight excluding hydrogens is 374 g/mol. The third-order valence-electron chi connectivity index (χ3n) is 5.57.